The molecule has 0 aliphatic carbocycles. The van der Waals surface area contributed by atoms with Crippen molar-refractivity contribution in [1.29, 1.82) is 0 Å². The van der Waals surface area contributed by atoms with Crippen molar-refractivity contribution in [1.82, 2.24) is 14.6 Å². The van der Waals surface area contributed by atoms with E-state index in [9.17, 15) is 18.3 Å². The Hall–Kier alpha value is -2.41. The van der Waals surface area contributed by atoms with Gasteiger partial charge in [-0.1, -0.05) is 12.1 Å². The molecule has 0 saturated carbocycles. The molecule has 2 heterocycles. The molecule has 0 aliphatic heterocycles. The van der Waals surface area contributed by atoms with Crippen LogP contribution in [0.3, 0.4) is 0 Å². The fraction of sp³-hybridized carbons (Fsp3) is 0.200. The molecule has 0 spiro atoms. The summed E-state index contributed by atoms with van der Waals surface area (Å²) < 4.78 is 39.9. The molecule has 0 radical (unpaired) electrons. The van der Waals surface area contributed by atoms with Gasteiger partial charge in [0.15, 0.2) is 5.65 Å². The third-order valence-corrected chi connectivity index (χ3v) is 3.36. The Morgan fingerprint density at radius 3 is 2.68 bits per heavy atom. The summed E-state index contributed by atoms with van der Waals surface area (Å²) in [6, 6.07) is 6.60. The van der Waals surface area contributed by atoms with Gasteiger partial charge in [-0.25, -0.2) is 9.50 Å². The SMILES string of the molecule is CC(O)c1cnn2c(-c3cccc(C(F)(F)F)c3)ccnc12. The number of hydrogen-bond acceptors (Lipinski definition) is 3. The topological polar surface area (TPSA) is 50.4 Å². The van der Waals surface area contributed by atoms with Crippen LogP contribution in [0.5, 0.6) is 0 Å². The lowest BCUT2D eigenvalue weighted by Gasteiger charge is -2.10. The quantitative estimate of drug-likeness (QED) is 0.788. The average Bonchev–Trinajstić information content (AvgIpc) is 2.90. The lowest BCUT2D eigenvalue weighted by atomic mass is 10.1. The molecule has 22 heavy (non-hydrogen) atoms. The number of aliphatic hydroxyl groups excluding tert-OH is 1. The summed E-state index contributed by atoms with van der Waals surface area (Å²) in [4.78, 5) is 4.14. The molecule has 0 bridgehead atoms. The van der Waals surface area contributed by atoms with Crippen molar-refractivity contribution < 1.29 is 18.3 Å². The van der Waals surface area contributed by atoms with Crippen LogP contribution in [-0.4, -0.2) is 19.7 Å². The first-order valence-electron chi connectivity index (χ1n) is 6.56. The number of halogens is 3. The number of nitrogens with zero attached hydrogens (tertiary/aromatic N) is 3. The number of benzene rings is 1. The van der Waals surface area contributed by atoms with Gasteiger partial charge in [-0.05, 0) is 25.1 Å². The van der Waals surface area contributed by atoms with E-state index in [2.05, 4.69) is 10.1 Å². The Bertz CT molecular complexity index is 824. The fourth-order valence-electron chi connectivity index (χ4n) is 2.28. The summed E-state index contributed by atoms with van der Waals surface area (Å²) >= 11 is 0. The largest absolute Gasteiger partial charge is 0.416 e. The highest BCUT2D eigenvalue weighted by Crippen LogP contribution is 2.32. The van der Waals surface area contributed by atoms with Crippen molar-refractivity contribution in [2.24, 2.45) is 0 Å². The van der Waals surface area contributed by atoms with Gasteiger partial charge in [0.05, 0.1) is 23.6 Å². The maximum absolute atomic E-state index is 12.8. The van der Waals surface area contributed by atoms with E-state index in [1.807, 2.05) is 0 Å². The maximum atomic E-state index is 12.8. The molecule has 1 atom stereocenters. The van der Waals surface area contributed by atoms with Crippen LogP contribution in [0.25, 0.3) is 16.9 Å². The molecular formula is C15H12F3N3O. The Morgan fingerprint density at radius 1 is 1.23 bits per heavy atom. The highest BCUT2D eigenvalue weighted by Gasteiger charge is 2.30. The molecule has 4 nitrogen and oxygen atoms in total. The molecule has 3 aromatic rings. The van der Waals surface area contributed by atoms with Crippen LogP contribution < -0.4 is 0 Å². The lowest BCUT2D eigenvalue weighted by molar-refractivity contribution is -0.137. The van der Waals surface area contributed by atoms with Gasteiger partial charge in [-0.15, -0.1) is 0 Å². The van der Waals surface area contributed by atoms with Gasteiger partial charge in [-0.2, -0.15) is 18.3 Å². The van der Waals surface area contributed by atoms with E-state index in [0.717, 1.165) is 12.1 Å². The smallest absolute Gasteiger partial charge is 0.389 e. The fourth-order valence-corrected chi connectivity index (χ4v) is 2.28. The minimum atomic E-state index is -4.41. The third-order valence-electron chi connectivity index (χ3n) is 3.36. The first kappa shape index (κ1) is 14.5. The highest BCUT2D eigenvalue weighted by molar-refractivity contribution is 5.64. The van der Waals surface area contributed by atoms with Gasteiger partial charge >= 0.3 is 6.18 Å². The van der Waals surface area contributed by atoms with E-state index in [-0.39, 0.29) is 0 Å². The zero-order valence-electron chi connectivity index (χ0n) is 11.5. The van der Waals surface area contributed by atoms with Crippen LogP contribution >= 0.6 is 0 Å². The van der Waals surface area contributed by atoms with Crippen molar-refractivity contribution >= 4 is 5.65 Å². The van der Waals surface area contributed by atoms with Gasteiger partial charge in [0.25, 0.3) is 0 Å². The lowest BCUT2D eigenvalue weighted by Crippen LogP contribution is -2.05. The maximum Gasteiger partial charge on any atom is 0.416 e. The summed E-state index contributed by atoms with van der Waals surface area (Å²) in [6.45, 7) is 1.58. The molecule has 2 aromatic heterocycles. The Labute approximate surface area is 123 Å². The van der Waals surface area contributed by atoms with Crippen molar-refractivity contribution in [2.75, 3.05) is 0 Å². The van der Waals surface area contributed by atoms with E-state index >= 15 is 0 Å². The summed E-state index contributed by atoms with van der Waals surface area (Å²) in [5.74, 6) is 0. The molecule has 1 unspecified atom stereocenters. The van der Waals surface area contributed by atoms with E-state index in [1.54, 1.807) is 19.1 Å². The van der Waals surface area contributed by atoms with Gasteiger partial charge in [0, 0.05) is 17.3 Å². The minimum Gasteiger partial charge on any atom is -0.389 e. The van der Waals surface area contributed by atoms with Crippen LogP contribution in [0.4, 0.5) is 13.2 Å². The van der Waals surface area contributed by atoms with Crippen molar-refractivity contribution in [3.05, 3.63) is 53.9 Å². The molecule has 0 saturated heterocycles. The zero-order valence-corrected chi connectivity index (χ0v) is 11.5. The molecule has 1 N–H and O–H groups in total. The van der Waals surface area contributed by atoms with Gasteiger partial charge in [0.2, 0.25) is 0 Å². The van der Waals surface area contributed by atoms with Gasteiger partial charge in [-0.3, -0.25) is 0 Å². The van der Waals surface area contributed by atoms with Gasteiger partial charge < -0.3 is 5.11 Å². The number of alkyl halides is 3. The van der Waals surface area contributed by atoms with E-state index in [0.29, 0.717) is 22.5 Å². The minimum absolute atomic E-state index is 0.377. The second-order valence-corrected chi connectivity index (χ2v) is 4.92. The number of aliphatic hydroxyl groups is 1. The van der Waals surface area contributed by atoms with E-state index in [1.165, 1.54) is 23.0 Å². The van der Waals surface area contributed by atoms with Crippen LogP contribution in [0, 0.1) is 0 Å². The number of aromatic nitrogens is 3. The second-order valence-electron chi connectivity index (χ2n) is 4.92. The van der Waals surface area contributed by atoms with Crippen molar-refractivity contribution in [3.63, 3.8) is 0 Å². The van der Waals surface area contributed by atoms with Crippen molar-refractivity contribution in [3.8, 4) is 11.3 Å². The molecule has 0 fully saturated rings. The van der Waals surface area contributed by atoms with E-state index < -0.39 is 17.8 Å². The Kier molecular flexibility index (Phi) is 3.37. The highest BCUT2D eigenvalue weighted by atomic mass is 19.4. The monoisotopic (exact) mass is 307 g/mol. The van der Waals surface area contributed by atoms with Crippen molar-refractivity contribution in [2.45, 2.75) is 19.2 Å². The summed E-state index contributed by atoms with van der Waals surface area (Å²) in [5, 5.41) is 13.8. The van der Waals surface area contributed by atoms with Crippen LogP contribution in [0.2, 0.25) is 0 Å². The summed E-state index contributed by atoms with van der Waals surface area (Å²) in [6.07, 6.45) is -2.22. The molecule has 3 rings (SSSR count). The number of hydrogen-bond donors (Lipinski definition) is 1. The Morgan fingerprint density at radius 2 is 2.00 bits per heavy atom. The summed E-state index contributed by atoms with van der Waals surface area (Å²) in [7, 11) is 0. The third kappa shape index (κ3) is 2.43. The first-order valence-corrected chi connectivity index (χ1v) is 6.56. The van der Waals surface area contributed by atoms with Crippen LogP contribution in [-0.2, 0) is 6.18 Å². The van der Waals surface area contributed by atoms with E-state index in [4.69, 9.17) is 0 Å². The Balaban J connectivity index is 2.19. The second kappa shape index (κ2) is 5.10. The molecule has 0 aliphatic rings. The predicted octanol–water partition coefficient (Wildman–Crippen LogP) is 3.47. The first-order chi connectivity index (χ1) is 10.4. The standard InChI is InChI=1S/C15H12F3N3O/c1-9(22)12-8-20-21-13(5-6-19-14(12)21)10-3-2-4-11(7-10)15(16,17)18/h2-9,22H,1H3. The summed E-state index contributed by atoms with van der Waals surface area (Å²) in [5.41, 5.74) is 1.07. The zero-order chi connectivity index (χ0) is 15.9. The van der Waals surface area contributed by atoms with Crippen LogP contribution in [0.1, 0.15) is 24.2 Å². The van der Waals surface area contributed by atoms with Gasteiger partial charge in [0.1, 0.15) is 0 Å². The molecule has 1 aromatic carbocycles. The van der Waals surface area contributed by atoms with Crippen LogP contribution in [0.15, 0.2) is 42.7 Å². The molecular weight excluding hydrogens is 295 g/mol. The average molecular weight is 307 g/mol. The normalized spacial score (nSPS) is 13.5. The molecule has 114 valence electrons. The molecule has 0 amide bonds. The predicted molar refractivity (Wildman–Crippen MR) is 74.1 cm³/mol. The molecule has 7 heteroatoms. The number of fused-ring (bicyclic) bond motifs is 1. The number of rotatable bonds is 2.